The molecule has 0 aliphatic rings. The van der Waals surface area contributed by atoms with Gasteiger partial charge >= 0.3 is 0 Å². The van der Waals surface area contributed by atoms with Gasteiger partial charge in [-0.25, -0.2) is 0 Å². The smallest absolute Gasteiger partial charge is 0.123 e. The van der Waals surface area contributed by atoms with Crippen LogP contribution in [0, 0.1) is 0 Å². The topological polar surface area (TPSA) is 60.7 Å². The Bertz CT molecular complexity index is 1130. The molecular weight excluding hydrogens is 468 g/mol. The molecule has 5 rings (SSSR count). The minimum atomic E-state index is 0. The molecular formula is C35H48O3. The summed E-state index contributed by atoms with van der Waals surface area (Å²) >= 11 is 0. The summed E-state index contributed by atoms with van der Waals surface area (Å²) < 4.78 is 0. The Morgan fingerprint density at radius 2 is 0.711 bits per heavy atom. The molecule has 3 heteroatoms. The summed E-state index contributed by atoms with van der Waals surface area (Å²) in [5, 5.41) is 31.4. The van der Waals surface area contributed by atoms with Crippen LogP contribution in [0.3, 0.4) is 0 Å². The van der Waals surface area contributed by atoms with Crippen molar-refractivity contribution < 1.29 is 15.3 Å². The first-order chi connectivity index (χ1) is 18.0. The van der Waals surface area contributed by atoms with Gasteiger partial charge in [0.2, 0.25) is 0 Å². The average Bonchev–Trinajstić information content (AvgIpc) is 2.93. The third-order valence-electron chi connectivity index (χ3n) is 4.29. The van der Waals surface area contributed by atoms with Crippen LogP contribution in [0.2, 0.25) is 0 Å². The van der Waals surface area contributed by atoms with E-state index in [1.807, 2.05) is 92.7 Å². The van der Waals surface area contributed by atoms with Gasteiger partial charge in [-0.2, -0.15) is 0 Å². The summed E-state index contributed by atoms with van der Waals surface area (Å²) in [7, 11) is 0. The molecule has 0 aliphatic heterocycles. The minimum Gasteiger partial charge on any atom is -0.508 e. The molecule has 0 fully saturated rings. The van der Waals surface area contributed by atoms with E-state index in [0.29, 0.717) is 17.2 Å². The fourth-order valence-electron chi connectivity index (χ4n) is 2.84. The standard InChI is InChI=1S/2C10H8O.C6H6O.2C3H8.C2H6.CH4/c2*11-10-7-3-5-8-4-1-2-6-9(8)10;7-6-4-2-1-3-5-6;2*1-3-2;1-2;/h2*1-7,11H;1-5,7H;2*3H2,1-2H3;1-2H3;1H4. The van der Waals surface area contributed by atoms with E-state index in [4.69, 9.17) is 5.11 Å². The summed E-state index contributed by atoms with van der Waals surface area (Å²) in [6.07, 6.45) is 2.50. The van der Waals surface area contributed by atoms with Crippen molar-refractivity contribution in [1.82, 2.24) is 0 Å². The zero-order valence-corrected chi connectivity index (χ0v) is 23.2. The molecule has 0 heterocycles. The van der Waals surface area contributed by atoms with Crippen LogP contribution in [0.1, 0.15) is 61.8 Å². The van der Waals surface area contributed by atoms with Gasteiger partial charge in [-0.15, -0.1) is 0 Å². The van der Waals surface area contributed by atoms with Gasteiger partial charge in [0.15, 0.2) is 0 Å². The normalized spacial score (nSPS) is 8.58. The zero-order chi connectivity index (χ0) is 27.9. The molecule has 0 unspecified atom stereocenters. The Morgan fingerprint density at radius 3 is 1.00 bits per heavy atom. The maximum absolute atomic E-state index is 9.37. The molecule has 0 bridgehead atoms. The molecule has 0 spiro atoms. The first-order valence-corrected chi connectivity index (χ1v) is 13.1. The van der Waals surface area contributed by atoms with Crippen molar-refractivity contribution in [2.45, 2.75) is 61.8 Å². The van der Waals surface area contributed by atoms with Gasteiger partial charge in [-0.05, 0) is 35.0 Å². The highest BCUT2D eigenvalue weighted by Crippen LogP contribution is 2.23. The zero-order valence-electron chi connectivity index (χ0n) is 23.2. The quantitative estimate of drug-likeness (QED) is 0.192. The summed E-state index contributed by atoms with van der Waals surface area (Å²) in [4.78, 5) is 0. The number of benzene rings is 5. The molecule has 38 heavy (non-hydrogen) atoms. The number of phenolic OH excluding ortho intramolecular Hbond substituents is 3. The van der Waals surface area contributed by atoms with Gasteiger partial charge in [0.1, 0.15) is 17.2 Å². The third kappa shape index (κ3) is 14.5. The van der Waals surface area contributed by atoms with E-state index in [1.54, 1.807) is 36.4 Å². The van der Waals surface area contributed by atoms with Gasteiger partial charge < -0.3 is 15.3 Å². The van der Waals surface area contributed by atoms with Crippen LogP contribution in [0.4, 0.5) is 0 Å². The molecule has 0 aromatic heterocycles. The van der Waals surface area contributed by atoms with Crippen LogP contribution >= 0.6 is 0 Å². The Hall–Kier alpha value is -3.98. The van der Waals surface area contributed by atoms with Crippen LogP contribution in [0.25, 0.3) is 21.5 Å². The molecule has 206 valence electrons. The van der Waals surface area contributed by atoms with Crippen molar-refractivity contribution in [3.63, 3.8) is 0 Å². The number of hydrogen-bond donors (Lipinski definition) is 3. The number of fused-ring (bicyclic) bond motifs is 2. The first kappa shape index (κ1) is 36.2. The predicted molar refractivity (Wildman–Crippen MR) is 169 cm³/mol. The minimum absolute atomic E-state index is 0. The lowest BCUT2D eigenvalue weighted by atomic mass is 10.1. The molecule has 0 atom stereocenters. The Kier molecular flexibility index (Phi) is 22.3. The highest BCUT2D eigenvalue weighted by atomic mass is 16.3. The second kappa shape index (κ2) is 23.4. The second-order valence-corrected chi connectivity index (χ2v) is 7.75. The van der Waals surface area contributed by atoms with E-state index in [0.717, 1.165) is 21.5 Å². The van der Waals surface area contributed by atoms with Crippen LogP contribution in [0.5, 0.6) is 17.2 Å². The predicted octanol–water partition coefficient (Wildman–Crippen LogP) is 11.0. The molecule has 0 aliphatic carbocycles. The monoisotopic (exact) mass is 516 g/mol. The molecule has 0 saturated heterocycles. The number of aromatic hydroxyl groups is 3. The number of rotatable bonds is 0. The first-order valence-electron chi connectivity index (χ1n) is 13.1. The van der Waals surface area contributed by atoms with E-state index >= 15 is 0 Å². The van der Waals surface area contributed by atoms with Gasteiger partial charge in [-0.3, -0.25) is 0 Å². The lowest BCUT2D eigenvalue weighted by molar-refractivity contribution is 0.475. The molecule has 5 aromatic carbocycles. The molecule has 0 amide bonds. The fourth-order valence-corrected chi connectivity index (χ4v) is 2.84. The molecule has 3 nitrogen and oxygen atoms in total. The number of para-hydroxylation sites is 1. The second-order valence-electron chi connectivity index (χ2n) is 7.75. The average molecular weight is 517 g/mol. The van der Waals surface area contributed by atoms with Crippen LogP contribution in [-0.2, 0) is 0 Å². The summed E-state index contributed by atoms with van der Waals surface area (Å²) in [6.45, 7) is 12.5. The number of phenols is 3. The Balaban J connectivity index is 0. The lowest BCUT2D eigenvalue weighted by Crippen LogP contribution is -1.70. The maximum Gasteiger partial charge on any atom is 0.123 e. The summed E-state index contributed by atoms with van der Waals surface area (Å²) in [5.74, 6) is 1.02. The molecule has 0 radical (unpaired) electrons. The van der Waals surface area contributed by atoms with Crippen LogP contribution in [-0.4, -0.2) is 15.3 Å². The summed E-state index contributed by atoms with van der Waals surface area (Å²) in [6, 6.07) is 35.3. The third-order valence-corrected chi connectivity index (χ3v) is 4.29. The van der Waals surface area contributed by atoms with E-state index in [-0.39, 0.29) is 7.43 Å². The van der Waals surface area contributed by atoms with Crippen molar-refractivity contribution in [2.75, 3.05) is 0 Å². The largest absolute Gasteiger partial charge is 0.508 e. The van der Waals surface area contributed by atoms with Crippen molar-refractivity contribution in [1.29, 1.82) is 0 Å². The molecule has 3 N–H and O–H groups in total. The van der Waals surface area contributed by atoms with Crippen molar-refractivity contribution in [3.05, 3.63) is 115 Å². The SMILES string of the molecule is C.CC.CCC.CCC.Oc1cccc2ccccc12.Oc1cccc2ccccc12.Oc1ccccc1. The molecule has 0 saturated carbocycles. The van der Waals surface area contributed by atoms with Crippen LogP contribution < -0.4 is 0 Å². The molecule has 5 aromatic rings. The van der Waals surface area contributed by atoms with E-state index in [1.165, 1.54) is 12.8 Å². The number of hydrogen-bond acceptors (Lipinski definition) is 3. The highest BCUT2D eigenvalue weighted by Gasteiger charge is 1.95. The lowest BCUT2D eigenvalue weighted by Gasteiger charge is -1.97. The van der Waals surface area contributed by atoms with Crippen LogP contribution in [0.15, 0.2) is 115 Å². The van der Waals surface area contributed by atoms with Gasteiger partial charge in [0, 0.05) is 10.8 Å². The highest BCUT2D eigenvalue weighted by molar-refractivity contribution is 5.88. The van der Waals surface area contributed by atoms with Crippen molar-refractivity contribution >= 4 is 21.5 Å². The van der Waals surface area contributed by atoms with E-state index in [9.17, 15) is 10.2 Å². The van der Waals surface area contributed by atoms with Gasteiger partial charge in [0.05, 0.1) is 0 Å². The van der Waals surface area contributed by atoms with Gasteiger partial charge in [0.25, 0.3) is 0 Å². The van der Waals surface area contributed by atoms with Crippen molar-refractivity contribution in [3.8, 4) is 17.2 Å². The van der Waals surface area contributed by atoms with E-state index in [2.05, 4.69) is 27.7 Å². The Morgan fingerprint density at radius 1 is 0.421 bits per heavy atom. The maximum atomic E-state index is 9.37. The Labute approximate surface area is 231 Å². The summed E-state index contributed by atoms with van der Waals surface area (Å²) in [5.41, 5.74) is 0. The fraction of sp³-hybridized carbons (Fsp3) is 0.257. The van der Waals surface area contributed by atoms with E-state index < -0.39 is 0 Å². The van der Waals surface area contributed by atoms with Gasteiger partial charge in [-0.1, -0.05) is 153 Å². The van der Waals surface area contributed by atoms with Crippen molar-refractivity contribution in [2.24, 2.45) is 0 Å².